The van der Waals surface area contributed by atoms with E-state index in [1.54, 1.807) is 31.2 Å². The number of benzene rings is 1. The Morgan fingerprint density at radius 2 is 2.00 bits per heavy atom. The van der Waals surface area contributed by atoms with Gasteiger partial charge in [-0.25, -0.2) is 0 Å². The maximum Gasteiger partial charge on any atom is 0.435 e. The maximum absolute atomic E-state index is 12.8. The summed E-state index contributed by atoms with van der Waals surface area (Å²) in [4.78, 5) is 0. The van der Waals surface area contributed by atoms with Crippen molar-refractivity contribution in [1.29, 1.82) is 0 Å². The fraction of sp³-hybridized carbons (Fsp3) is 0.250. The molecule has 3 nitrogen and oxygen atoms in total. The van der Waals surface area contributed by atoms with Gasteiger partial charge in [-0.15, -0.1) is 0 Å². The number of ether oxygens (including phenoxy) is 1. The summed E-state index contributed by atoms with van der Waals surface area (Å²) < 4.78 is 43.5. The molecule has 2 rings (SSSR count). The van der Waals surface area contributed by atoms with Crippen LogP contribution in [0.3, 0.4) is 0 Å². The molecule has 6 heteroatoms. The lowest BCUT2D eigenvalue weighted by Gasteiger charge is -2.08. The number of aromatic amines is 1. The minimum Gasteiger partial charge on any atom is -0.497 e. The second-order valence-electron chi connectivity index (χ2n) is 3.80. The average Bonchev–Trinajstić information content (AvgIpc) is 2.71. The molecule has 0 aliphatic heterocycles. The Labute approximate surface area is 102 Å². The van der Waals surface area contributed by atoms with Gasteiger partial charge in [0.25, 0.3) is 0 Å². The van der Waals surface area contributed by atoms with Gasteiger partial charge < -0.3 is 4.74 Å². The predicted octanol–water partition coefficient (Wildman–Crippen LogP) is 3.41. The van der Waals surface area contributed by atoms with Crippen molar-refractivity contribution in [3.05, 3.63) is 35.7 Å². The zero-order valence-electron chi connectivity index (χ0n) is 9.80. The number of alkyl halides is 3. The van der Waals surface area contributed by atoms with Gasteiger partial charge >= 0.3 is 6.18 Å². The number of methoxy groups -OCH3 is 1. The number of hydrogen-bond donors (Lipinski definition) is 1. The summed E-state index contributed by atoms with van der Waals surface area (Å²) in [5, 5.41) is 5.70. The first-order chi connectivity index (χ1) is 8.43. The van der Waals surface area contributed by atoms with E-state index in [9.17, 15) is 13.2 Å². The third kappa shape index (κ3) is 2.18. The third-order valence-electron chi connectivity index (χ3n) is 2.57. The van der Waals surface area contributed by atoms with Crippen molar-refractivity contribution < 1.29 is 17.9 Å². The lowest BCUT2D eigenvalue weighted by Crippen LogP contribution is -2.07. The fourth-order valence-corrected chi connectivity index (χ4v) is 1.77. The molecule has 0 amide bonds. The van der Waals surface area contributed by atoms with Crippen LogP contribution in [-0.4, -0.2) is 17.3 Å². The second kappa shape index (κ2) is 4.36. The molecule has 0 aliphatic rings. The zero-order valence-corrected chi connectivity index (χ0v) is 9.80. The van der Waals surface area contributed by atoms with Gasteiger partial charge in [0.2, 0.25) is 0 Å². The molecule has 2 aromatic rings. The van der Waals surface area contributed by atoms with E-state index >= 15 is 0 Å². The lowest BCUT2D eigenvalue weighted by molar-refractivity contribution is -0.140. The van der Waals surface area contributed by atoms with Crippen LogP contribution in [0, 0.1) is 6.92 Å². The molecule has 0 saturated carbocycles. The predicted molar refractivity (Wildman–Crippen MR) is 60.3 cm³/mol. The Bertz CT molecular complexity index is 561. The molecule has 0 unspecified atom stereocenters. The fourth-order valence-electron chi connectivity index (χ4n) is 1.77. The van der Waals surface area contributed by atoms with Crippen LogP contribution < -0.4 is 4.74 Å². The van der Waals surface area contributed by atoms with Crippen LogP contribution in [0.2, 0.25) is 0 Å². The van der Waals surface area contributed by atoms with Gasteiger partial charge in [-0.3, -0.25) is 5.10 Å². The monoisotopic (exact) mass is 256 g/mol. The summed E-state index contributed by atoms with van der Waals surface area (Å²) >= 11 is 0. The second-order valence-corrected chi connectivity index (χ2v) is 3.80. The van der Waals surface area contributed by atoms with Crippen LogP contribution in [-0.2, 0) is 6.18 Å². The molecule has 0 fully saturated rings. The topological polar surface area (TPSA) is 37.9 Å². The Kier molecular flexibility index (Phi) is 3.02. The van der Waals surface area contributed by atoms with Gasteiger partial charge in [0.05, 0.1) is 7.11 Å². The molecule has 1 aromatic heterocycles. The molecule has 1 heterocycles. The van der Waals surface area contributed by atoms with E-state index in [1.807, 2.05) is 0 Å². The first-order valence-electron chi connectivity index (χ1n) is 5.20. The first kappa shape index (κ1) is 12.5. The van der Waals surface area contributed by atoms with E-state index in [1.165, 1.54) is 7.11 Å². The van der Waals surface area contributed by atoms with Crippen molar-refractivity contribution in [2.45, 2.75) is 13.1 Å². The largest absolute Gasteiger partial charge is 0.497 e. The van der Waals surface area contributed by atoms with E-state index in [-0.39, 0.29) is 5.56 Å². The van der Waals surface area contributed by atoms with Crippen molar-refractivity contribution in [2.75, 3.05) is 7.11 Å². The smallest absolute Gasteiger partial charge is 0.435 e. The molecule has 0 radical (unpaired) electrons. The van der Waals surface area contributed by atoms with Crippen molar-refractivity contribution in [3.8, 4) is 16.9 Å². The highest BCUT2D eigenvalue weighted by atomic mass is 19.4. The highest BCUT2D eigenvalue weighted by Crippen LogP contribution is 2.37. The highest BCUT2D eigenvalue weighted by molar-refractivity contribution is 5.70. The molecule has 1 aromatic carbocycles. The normalized spacial score (nSPS) is 11.6. The Hall–Kier alpha value is -1.98. The van der Waals surface area contributed by atoms with Crippen LogP contribution in [0.5, 0.6) is 5.75 Å². The average molecular weight is 256 g/mol. The Morgan fingerprint density at radius 3 is 2.61 bits per heavy atom. The number of H-pyrrole nitrogens is 1. The third-order valence-corrected chi connectivity index (χ3v) is 2.57. The summed E-state index contributed by atoms with van der Waals surface area (Å²) in [7, 11) is 1.46. The highest BCUT2D eigenvalue weighted by Gasteiger charge is 2.37. The van der Waals surface area contributed by atoms with E-state index in [4.69, 9.17) is 4.74 Å². The van der Waals surface area contributed by atoms with Gasteiger partial charge in [0.1, 0.15) is 5.75 Å². The zero-order chi connectivity index (χ0) is 13.3. The molecular weight excluding hydrogens is 245 g/mol. The van der Waals surface area contributed by atoms with Crippen LogP contribution >= 0.6 is 0 Å². The number of hydrogen-bond acceptors (Lipinski definition) is 2. The number of nitrogens with zero attached hydrogens (tertiary/aromatic N) is 1. The van der Waals surface area contributed by atoms with Crippen molar-refractivity contribution in [2.24, 2.45) is 0 Å². The standard InChI is InChI=1S/C12H11F3N2O/c1-7-10(11(17-16-7)12(13,14)15)8-4-3-5-9(6-8)18-2/h3-6H,1-2H3,(H,16,17). The van der Waals surface area contributed by atoms with Crippen LogP contribution in [0.15, 0.2) is 24.3 Å². The molecule has 0 atom stereocenters. The molecule has 1 N–H and O–H groups in total. The van der Waals surface area contributed by atoms with Crippen molar-refractivity contribution in [3.63, 3.8) is 0 Å². The van der Waals surface area contributed by atoms with Gasteiger partial charge in [0, 0.05) is 11.3 Å². The molecule has 96 valence electrons. The van der Waals surface area contributed by atoms with E-state index in [2.05, 4.69) is 10.2 Å². The van der Waals surface area contributed by atoms with E-state index in [0.717, 1.165) is 0 Å². The SMILES string of the molecule is COc1cccc(-c2c(C(F)(F)F)n[nH]c2C)c1. The molecule has 18 heavy (non-hydrogen) atoms. The maximum atomic E-state index is 12.8. The van der Waals surface area contributed by atoms with Gasteiger partial charge in [-0.05, 0) is 24.6 Å². The van der Waals surface area contributed by atoms with E-state index in [0.29, 0.717) is 17.0 Å². The van der Waals surface area contributed by atoms with Gasteiger partial charge in [0.15, 0.2) is 5.69 Å². The Balaban J connectivity index is 2.59. The Morgan fingerprint density at radius 1 is 1.28 bits per heavy atom. The molecule has 0 saturated heterocycles. The summed E-state index contributed by atoms with van der Waals surface area (Å²) in [5.41, 5.74) is -0.0573. The summed E-state index contributed by atoms with van der Waals surface area (Å²) in [6, 6.07) is 6.45. The van der Waals surface area contributed by atoms with Crippen molar-refractivity contribution in [1.82, 2.24) is 10.2 Å². The van der Waals surface area contributed by atoms with Crippen LogP contribution in [0.4, 0.5) is 13.2 Å². The van der Waals surface area contributed by atoms with Crippen LogP contribution in [0.1, 0.15) is 11.4 Å². The number of nitrogens with one attached hydrogen (secondary N) is 1. The lowest BCUT2D eigenvalue weighted by atomic mass is 10.0. The van der Waals surface area contributed by atoms with Gasteiger partial charge in [-0.2, -0.15) is 18.3 Å². The summed E-state index contributed by atoms with van der Waals surface area (Å²) in [6.07, 6.45) is -4.48. The minimum atomic E-state index is -4.48. The number of rotatable bonds is 2. The van der Waals surface area contributed by atoms with Crippen LogP contribution in [0.25, 0.3) is 11.1 Å². The van der Waals surface area contributed by atoms with E-state index < -0.39 is 11.9 Å². The summed E-state index contributed by atoms with van der Waals surface area (Å²) in [6.45, 7) is 1.55. The molecule has 0 spiro atoms. The first-order valence-corrected chi connectivity index (χ1v) is 5.20. The van der Waals surface area contributed by atoms with Gasteiger partial charge in [-0.1, -0.05) is 12.1 Å². The number of halogens is 3. The summed E-state index contributed by atoms with van der Waals surface area (Å²) in [5.74, 6) is 0.501. The van der Waals surface area contributed by atoms with Crippen molar-refractivity contribution >= 4 is 0 Å². The molecule has 0 bridgehead atoms. The number of aromatic nitrogens is 2. The quantitative estimate of drug-likeness (QED) is 0.894. The minimum absolute atomic E-state index is 0.0569. The number of aryl methyl sites for hydroxylation is 1. The molecular formula is C12H11F3N2O. The molecule has 0 aliphatic carbocycles.